The van der Waals surface area contributed by atoms with E-state index in [1.165, 1.54) is 14.8 Å². The molecule has 2 saturated carbocycles. The molecule has 4 amide bonds. The molecule has 0 radical (unpaired) electrons. The lowest BCUT2D eigenvalue weighted by atomic mass is 9.84. The van der Waals surface area contributed by atoms with E-state index in [0.717, 1.165) is 83.1 Å². The van der Waals surface area contributed by atoms with Gasteiger partial charge in [0.25, 0.3) is 5.91 Å². The van der Waals surface area contributed by atoms with Gasteiger partial charge in [0.15, 0.2) is 0 Å². The van der Waals surface area contributed by atoms with Gasteiger partial charge in [-0.1, -0.05) is 38.8 Å². The molecule has 6 bridgehead atoms. The predicted molar refractivity (Wildman–Crippen MR) is 265 cm³/mol. The predicted octanol–water partition coefficient (Wildman–Crippen LogP) is 5.58. The number of aryl methyl sites for hydroxylation is 1. The molecule has 5 aliphatic rings. The zero-order chi connectivity index (χ0) is 49.8. The van der Waals surface area contributed by atoms with E-state index in [2.05, 4.69) is 52.7 Å². The molecule has 16 nitrogen and oxygen atoms in total. The number of amides is 4. The Kier molecular flexibility index (Phi) is 13.9. The number of methoxy groups -OCH3 is 1. The first kappa shape index (κ1) is 49.2. The molecule has 7 atom stereocenters. The van der Waals surface area contributed by atoms with Crippen LogP contribution in [0.2, 0.25) is 0 Å². The Balaban J connectivity index is 1.08. The van der Waals surface area contributed by atoms with Crippen LogP contribution in [0.1, 0.15) is 102 Å². The van der Waals surface area contributed by atoms with Crippen LogP contribution < -0.4 is 16.1 Å². The highest BCUT2D eigenvalue weighted by Gasteiger charge is 2.52. The number of hydrazine groups is 1. The average molecular weight is 959 g/mol. The molecule has 9 rings (SSSR count). The maximum atomic E-state index is 15.0. The van der Waals surface area contributed by atoms with Gasteiger partial charge in [-0.2, -0.15) is 0 Å². The number of nitrogens with zero attached hydrogens (tertiary/aromatic N) is 5. The summed E-state index contributed by atoms with van der Waals surface area (Å²) in [6.07, 6.45) is 8.43. The SMILES string of the molecule is CO[C@@H](C)c1ncccc1-c1c2c3cc(ccc3n1C)-c1cc(O)cc(c1)C[C@H](NC(=O)[C@H](C1CCCC1)N(C)C(=O)[C@@H](C)N(C)C(=O)[C@@H]1N[C@@H]1C1CC1)C(=O)N1CCC[C@H](N1)C(=O)OCC(C)(C)C2. The number of pyridine rings is 1. The minimum absolute atomic E-state index is 0.00284. The van der Waals surface area contributed by atoms with Crippen molar-refractivity contribution in [2.45, 2.75) is 134 Å². The number of hydrogen-bond acceptors (Lipinski definition) is 11. The third-order valence-corrected chi connectivity index (χ3v) is 15.7. The Hall–Kier alpha value is -5.84. The quantitative estimate of drug-likeness (QED) is 0.108. The fourth-order valence-electron chi connectivity index (χ4n) is 11.4. The number of hydrogen-bond donors (Lipinski definition) is 4. The Morgan fingerprint density at radius 1 is 0.971 bits per heavy atom. The molecule has 16 heteroatoms. The number of rotatable bonds is 11. The number of cyclic esters (lactones) is 1. The smallest absolute Gasteiger partial charge is 0.324 e. The molecule has 2 aromatic carbocycles. The van der Waals surface area contributed by atoms with Crippen LogP contribution in [-0.4, -0.2) is 130 Å². The Morgan fingerprint density at radius 3 is 2.46 bits per heavy atom. The van der Waals surface area contributed by atoms with Crippen LogP contribution in [0.25, 0.3) is 33.3 Å². The van der Waals surface area contributed by atoms with E-state index in [-0.39, 0.29) is 61.2 Å². The summed E-state index contributed by atoms with van der Waals surface area (Å²) in [7, 11) is 6.97. The Labute approximate surface area is 410 Å². The van der Waals surface area contributed by atoms with Gasteiger partial charge in [0.1, 0.15) is 36.0 Å². The summed E-state index contributed by atoms with van der Waals surface area (Å²) >= 11 is 0. The molecule has 4 aromatic rings. The molecule has 4 N–H and O–H groups in total. The molecule has 2 aromatic heterocycles. The van der Waals surface area contributed by atoms with Gasteiger partial charge in [-0.15, -0.1) is 0 Å². The first-order valence-corrected chi connectivity index (χ1v) is 25.2. The summed E-state index contributed by atoms with van der Waals surface area (Å²) in [6, 6.07) is 11.6. The number of carbonyl (C=O) groups is 5. The topological polar surface area (TPSA) is 198 Å². The van der Waals surface area contributed by atoms with Crippen molar-refractivity contribution < 1.29 is 38.6 Å². The van der Waals surface area contributed by atoms with Crippen molar-refractivity contribution >= 4 is 40.5 Å². The van der Waals surface area contributed by atoms with Crippen LogP contribution in [0, 0.1) is 17.3 Å². The summed E-state index contributed by atoms with van der Waals surface area (Å²) in [5.74, 6) is -1.58. The van der Waals surface area contributed by atoms with Gasteiger partial charge in [0.05, 0.1) is 24.1 Å². The van der Waals surface area contributed by atoms with E-state index in [9.17, 15) is 29.1 Å². The number of phenolic OH excluding ortho intramolecular Hbond substituents is 1. The lowest BCUT2D eigenvalue weighted by Crippen LogP contribution is -2.62. The molecule has 4 fully saturated rings. The fourth-order valence-corrected chi connectivity index (χ4v) is 11.4. The highest BCUT2D eigenvalue weighted by molar-refractivity contribution is 5.97. The van der Waals surface area contributed by atoms with Crippen molar-refractivity contribution in [1.29, 1.82) is 0 Å². The van der Waals surface area contributed by atoms with Crippen LogP contribution in [0.4, 0.5) is 0 Å². The van der Waals surface area contributed by atoms with Crippen molar-refractivity contribution in [2.24, 2.45) is 24.3 Å². The fraction of sp³-hybridized carbons (Fsp3) is 0.556. The molecule has 374 valence electrons. The van der Waals surface area contributed by atoms with Crippen molar-refractivity contribution in [3.05, 3.63) is 71.5 Å². The zero-order valence-electron chi connectivity index (χ0n) is 41.9. The van der Waals surface area contributed by atoms with Crippen LogP contribution in [-0.2, 0) is 53.3 Å². The third-order valence-electron chi connectivity index (χ3n) is 15.7. The van der Waals surface area contributed by atoms with Crippen LogP contribution >= 0.6 is 0 Å². The Bertz CT molecular complexity index is 2670. The van der Waals surface area contributed by atoms with E-state index in [4.69, 9.17) is 14.5 Å². The number of carbonyl (C=O) groups excluding carboxylic acids is 5. The second kappa shape index (κ2) is 19.7. The van der Waals surface area contributed by atoms with E-state index < -0.39 is 47.4 Å². The van der Waals surface area contributed by atoms with Crippen molar-refractivity contribution in [1.82, 2.24) is 40.4 Å². The van der Waals surface area contributed by atoms with Gasteiger partial charge in [-0.3, -0.25) is 39.3 Å². The standard InChI is InChI=1S/C54H70N8O8/c1-30(59(5)52(67)46-45(57-46)33-17-18-33)50(65)61(7)47(34-13-9-10-14-34)49(64)56-42-25-32-23-36(26-37(63)24-32)35-19-20-43-39(27-35)40(48(60(43)6)38-15-11-21-55-44(38)31(2)69-8)28-54(3,4)29-70-53(68)41-16-12-22-62(58-41)51(42)66/h11,15,19-21,23-24,26-27,30-31,33-34,41-42,45-47,57-58,63H,9-10,12-14,16-18,22,25,28-29H2,1-8H3,(H,56,64)/t30-,31+,41+,42+,45-,46-,47+/m1/s1. The molecular weight excluding hydrogens is 889 g/mol. The number of nitrogens with one attached hydrogen (secondary N) is 3. The molecule has 2 saturated heterocycles. The van der Waals surface area contributed by atoms with E-state index in [1.807, 2.05) is 32.2 Å². The molecule has 70 heavy (non-hydrogen) atoms. The lowest BCUT2D eigenvalue weighted by molar-refractivity contribution is -0.155. The molecule has 0 spiro atoms. The molecular formula is C54H70N8O8. The van der Waals surface area contributed by atoms with Crippen LogP contribution in [0.3, 0.4) is 0 Å². The monoisotopic (exact) mass is 959 g/mol. The molecule has 2 aliphatic carbocycles. The normalized spacial score (nSPS) is 24.0. The maximum absolute atomic E-state index is 15.0. The number of ether oxygens (including phenoxy) is 2. The second-order valence-electron chi connectivity index (χ2n) is 21.4. The number of likely N-dealkylation sites (N-methyl/N-ethyl adjacent to an activating group) is 2. The summed E-state index contributed by atoms with van der Waals surface area (Å²) in [6.45, 7) is 8.20. The average Bonchev–Trinajstić information content (AvgIpc) is 4.28. The highest BCUT2D eigenvalue weighted by Crippen LogP contribution is 2.43. The highest BCUT2D eigenvalue weighted by atomic mass is 16.5. The van der Waals surface area contributed by atoms with Gasteiger partial charge >= 0.3 is 5.97 Å². The zero-order valence-corrected chi connectivity index (χ0v) is 41.9. The summed E-state index contributed by atoms with van der Waals surface area (Å²) in [5, 5.41) is 20.2. The minimum atomic E-state index is -1.16. The van der Waals surface area contributed by atoms with E-state index in [1.54, 1.807) is 46.5 Å². The molecule has 3 aliphatic heterocycles. The maximum Gasteiger partial charge on any atom is 0.324 e. The molecule has 0 unspecified atom stereocenters. The van der Waals surface area contributed by atoms with Crippen molar-refractivity contribution in [2.75, 3.05) is 34.4 Å². The lowest BCUT2D eigenvalue weighted by Gasteiger charge is -2.38. The number of esters is 1. The first-order valence-electron chi connectivity index (χ1n) is 25.2. The second-order valence-corrected chi connectivity index (χ2v) is 21.4. The van der Waals surface area contributed by atoms with Crippen LogP contribution in [0.5, 0.6) is 5.75 Å². The number of aromatic nitrogens is 2. The minimum Gasteiger partial charge on any atom is -0.508 e. The van der Waals surface area contributed by atoms with Gasteiger partial charge in [0, 0.05) is 75.3 Å². The van der Waals surface area contributed by atoms with Crippen molar-refractivity contribution in [3.8, 4) is 28.1 Å². The van der Waals surface area contributed by atoms with E-state index in [0.29, 0.717) is 30.7 Å². The summed E-state index contributed by atoms with van der Waals surface area (Å²) in [4.78, 5) is 79.4. The summed E-state index contributed by atoms with van der Waals surface area (Å²) < 4.78 is 14.1. The first-order chi connectivity index (χ1) is 33.4. The number of benzene rings is 2. The van der Waals surface area contributed by atoms with Gasteiger partial charge in [-0.25, -0.2) is 5.43 Å². The van der Waals surface area contributed by atoms with Gasteiger partial charge in [0.2, 0.25) is 17.7 Å². The number of aromatic hydroxyl groups is 1. The number of phenols is 1. The molecule has 5 heterocycles. The summed E-state index contributed by atoms with van der Waals surface area (Å²) in [5.41, 5.74) is 9.48. The number of fused-ring (bicyclic) bond motifs is 6. The van der Waals surface area contributed by atoms with Gasteiger partial charge in [-0.05, 0) is 129 Å². The van der Waals surface area contributed by atoms with Crippen molar-refractivity contribution in [3.63, 3.8) is 0 Å². The Morgan fingerprint density at radius 2 is 1.73 bits per heavy atom. The largest absolute Gasteiger partial charge is 0.508 e. The van der Waals surface area contributed by atoms with E-state index >= 15 is 0 Å². The third kappa shape index (κ3) is 9.91. The van der Waals surface area contributed by atoms with Gasteiger partial charge < -0.3 is 34.3 Å². The van der Waals surface area contributed by atoms with Crippen LogP contribution in [0.15, 0.2) is 54.7 Å².